The van der Waals surface area contributed by atoms with E-state index in [1.54, 1.807) is 0 Å². The molecule has 0 radical (unpaired) electrons. The Hall–Kier alpha value is -3.62. The van der Waals surface area contributed by atoms with Gasteiger partial charge < -0.3 is 10.5 Å². The Kier molecular flexibility index (Phi) is 5.88. The first-order valence-corrected chi connectivity index (χ1v) is 8.77. The summed E-state index contributed by atoms with van der Waals surface area (Å²) in [6, 6.07) is 4.63. The van der Waals surface area contributed by atoms with E-state index < -0.39 is 54.2 Å². The second-order valence-electron chi connectivity index (χ2n) is 6.79. The molecule has 12 heteroatoms. The molecule has 0 fully saturated rings. The van der Waals surface area contributed by atoms with Gasteiger partial charge in [0.05, 0.1) is 5.56 Å². The van der Waals surface area contributed by atoms with Crippen molar-refractivity contribution in [2.75, 3.05) is 6.67 Å². The number of rotatable bonds is 5. The fourth-order valence-electron chi connectivity index (χ4n) is 3.10. The number of carbonyl (C=O) groups is 1. The number of nitrogens with two attached hydrogens (primary N) is 1. The number of aromatic nitrogens is 2. The first-order chi connectivity index (χ1) is 14.6. The molecular formula is C19H14F5N5O2. The van der Waals surface area contributed by atoms with Gasteiger partial charge in [-0.05, 0) is 23.8 Å². The number of pyridine rings is 2. The quantitative estimate of drug-likeness (QED) is 0.435. The lowest BCUT2D eigenvalue weighted by atomic mass is 9.85. The molecule has 2 atom stereocenters. The third kappa shape index (κ3) is 4.60. The van der Waals surface area contributed by atoms with Crippen LogP contribution >= 0.6 is 0 Å². The van der Waals surface area contributed by atoms with E-state index in [-0.39, 0.29) is 23.2 Å². The molecule has 0 saturated heterocycles. The average molecular weight is 439 g/mol. The summed E-state index contributed by atoms with van der Waals surface area (Å²) in [5.41, 5.74) is 2.77. The number of aliphatic imine (C=N–C) groups is 1. The highest BCUT2D eigenvalue weighted by molar-refractivity contribution is 5.95. The molecule has 0 bridgehead atoms. The fraction of sp³-hybridized carbons (Fsp3) is 0.316. The minimum absolute atomic E-state index is 0.00977. The van der Waals surface area contributed by atoms with Gasteiger partial charge in [-0.2, -0.15) is 22.8 Å². The Bertz CT molecular complexity index is 1060. The van der Waals surface area contributed by atoms with Gasteiger partial charge in [0.15, 0.2) is 11.9 Å². The van der Waals surface area contributed by atoms with E-state index in [1.807, 2.05) is 6.07 Å². The first-order valence-electron chi connectivity index (χ1n) is 8.77. The summed E-state index contributed by atoms with van der Waals surface area (Å²) in [6.45, 7) is -1.50. The summed E-state index contributed by atoms with van der Waals surface area (Å²) in [6.07, 6.45) is -6.59. The third-order valence-corrected chi connectivity index (χ3v) is 4.64. The Morgan fingerprint density at radius 1 is 1.32 bits per heavy atom. The molecule has 0 saturated carbocycles. The van der Waals surface area contributed by atoms with Gasteiger partial charge in [0.25, 0.3) is 6.02 Å². The normalized spacial score (nSPS) is 21.0. The molecule has 2 N–H and O–H groups in total. The first kappa shape index (κ1) is 22.1. The van der Waals surface area contributed by atoms with Crippen LogP contribution in [0.2, 0.25) is 0 Å². The smallest absolute Gasteiger partial charge is 0.425 e. The number of carbonyl (C=O) groups excluding carboxylic acids is 1. The van der Waals surface area contributed by atoms with Crippen LogP contribution in [0.15, 0.2) is 35.6 Å². The van der Waals surface area contributed by atoms with Crippen molar-refractivity contribution in [2.45, 2.75) is 30.7 Å². The minimum atomic E-state index is -4.89. The predicted octanol–water partition coefficient (Wildman–Crippen LogP) is 2.74. The number of hydrogen-bond acceptors (Lipinski definition) is 7. The molecule has 0 amide bonds. The third-order valence-electron chi connectivity index (χ3n) is 4.64. The summed E-state index contributed by atoms with van der Waals surface area (Å²) in [5.74, 6) is -1.77. The van der Waals surface area contributed by atoms with Gasteiger partial charge in [-0.1, -0.05) is 0 Å². The Balaban J connectivity index is 1.94. The summed E-state index contributed by atoms with van der Waals surface area (Å²) in [5, 5.41) is 8.77. The lowest BCUT2D eigenvalue weighted by Gasteiger charge is -2.36. The highest BCUT2D eigenvalue weighted by atomic mass is 19.4. The maximum absolute atomic E-state index is 14.4. The molecule has 31 heavy (non-hydrogen) atoms. The zero-order valence-electron chi connectivity index (χ0n) is 15.7. The van der Waals surface area contributed by atoms with Crippen molar-refractivity contribution in [1.82, 2.24) is 9.97 Å². The van der Waals surface area contributed by atoms with Gasteiger partial charge in [0.1, 0.15) is 24.0 Å². The summed E-state index contributed by atoms with van der Waals surface area (Å²) >= 11 is 0. The van der Waals surface area contributed by atoms with E-state index in [0.717, 1.165) is 12.3 Å². The van der Waals surface area contributed by atoms with Crippen LogP contribution in [0.25, 0.3) is 0 Å². The maximum atomic E-state index is 14.4. The number of nitrogens with zero attached hydrogens (tertiary/aromatic N) is 4. The van der Waals surface area contributed by atoms with E-state index >= 15 is 0 Å². The highest BCUT2D eigenvalue weighted by Crippen LogP contribution is 2.41. The van der Waals surface area contributed by atoms with Crippen LogP contribution in [0.5, 0.6) is 0 Å². The average Bonchev–Trinajstić information content (AvgIpc) is 2.74. The lowest BCUT2D eigenvalue weighted by molar-refractivity contribution is -0.209. The van der Waals surface area contributed by atoms with Crippen LogP contribution < -0.4 is 5.73 Å². The molecular weight excluding hydrogens is 425 g/mol. The summed E-state index contributed by atoms with van der Waals surface area (Å²) < 4.78 is 72.4. The predicted molar refractivity (Wildman–Crippen MR) is 96.0 cm³/mol. The molecule has 2 aromatic heterocycles. The van der Waals surface area contributed by atoms with Crippen molar-refractivity contribution in [3.63, 3.8) is 0 Å². The number of hydrogen-bond donors (Lipinski definition) is 1. The van der Waals surface area contributed by atoms with E-state index in [0.29, 0.717) is 0 Å². The molecule has 7 nitrogen and oxygen atoms in total. The van der Waals surface area contributed by atoms with E-state index in [1.165, 1.54) is 18.3 Å². The molecule has 0 aromatic carbocycles. The molecule has 0 aliphatic carbocycles. The molecule has 2 aromatic rings. The highest BCUT2D eigenvalue weighted by Gasteiger charge is 2.52. The second-order valence-corrected chi connectivity index (χ2v) is 6.79. The molecule has 0 unspecified atom stereocenters. The van der Waals surface area contributed by atoms with Crippen molar-refractivity contribution < 1.29 is 31.5 Å². The van der Waals surface area contributed by atoms with Gasteiger partial charge in [-0.3, -0.25) is 9.78 Å². The van der Waals surface area contributed by atoms with Crippen molar-refractivity contribution in [3.8, 4) is 6.07 Å². The van der Waals surface area contributed by atoms with Crippen LogP contribution in [0.1, 0.15) is 33.6 Å². The summed E-state index contributed by atoms with van der Waals surface area (Å²) in [7, 11) is 0. The van der Waals surface area contributed by atoms with Crippen LogP contribution in [0, 0.1) is 17.3 Å². The molecule has 162 valence electrons. The number of Topliss-reactive ketones (excluding diaryl/α,β-unsaturated/α-hetero) is 1. The van der Waals surface area contributed by atoms with E-state index in [4.69, 9.17) is 11.0 Å². The van der Waals surface area contributed by atoms with Crippen LogP contribution in [-0.4, -0.2) is 40.7 Å². The number of amidine groups is 1. The maximum Gasteiger partial charge on any atom is 0.425 e. The van der Waals surface area contributed by atoms with E-state index in [9.17, 15) is 26.7 Å². The standard InChI is InChI=1S/C19H14F5N5O2/c20-9-18(5-15(19(22,23)24)31-17(26)29-18)12-3-11(8-28-16(12)21)4-14(30)13-2-1-10(6-25)7-27-13/h1-3,7-8,15H,4-5,9H2,(H2,26,29)/t15-,18+/m0/s1. The largest absolute Gasteiger partial charge is 0.452 e. The van der Waals surface area contributed by atoms with Gasteiger partial charge in [0.2, 0.25) is 5.95 Å². The molecule has 1 aliphatic heterocycles. The van der Waals surface area contributed by atoms with Gasteiger partial charge in [0, 0.05) is 30.8 Å². The number of ketones is 1. The lowest BCUT2D eigenvalue weighted by Crippen LogP contribution is -2.48. The Labute approximate surface area is 172 Å². The molecule has 1 aliphatic rings. The van der Waals surface area contributed by atoms with Crippen LogP contribution in [0.3, 0.4) is 0 Å². The molecule has 0 spiro atoms. The van der Waals surface area contributed by atoms with Gasteiger partial charge in [-0.15, -0.1) is 0 Å². The number of halogens is 5. The zero-order valence-corrected chi connectivity index (χ0v) is 15.7. The van der Waals surface area contributed by atoms with Crippen molar-refractivity contribution in [1.29, 1.82) is 5.26 Å². The zero-order chi connectivity index (χ0) is 22.8. The summed E-state index contributed by atoms with van der Waals surface area (Å²) in [4.78, 5) is 23.3. The second kappa shape index (κ2) is 8.25. The monoisotopic (exact) mass is 439 g/mol. The van der Waals surface area contributed by atoms with Gasteiger partial charge in [-0.25, -0.2) is 14.4 Å². The Morgan fingerprint density at radius 3 is 2.65 bits per heavy atom. The van der Waals surface area contributed by atoms with Crippen molar-refractivity contribution in [2.24, 2.45) is 10.7 Å². The fourth-order valence-corrected chi connectivity index (χ4v) is 3.10. The minimum Gasteiger partial charge on any atom is -0.452 e. The number of ether oxygens (including phenoxy) is 1. The SMILES string of the molecule is N#Cc1ccc(C(=O)Cc2cnc(F)c([C@]3(CF)C[C@@H](C(F)(F)F)OC(N)=N3)c2)nc1. The topological polar surface area (TPSA) is 114 Å². The Morgan fingerprint density at radius 2 is 2.06 bits per heavy atom. The van der Waals surface area contributed by atoms with Crippen molar-refractivity contribution in [3.05, 3.63) is 58.9 Å². The van der Waals surface area contributed by atoms with Crippen LogP contribution in [-0.2, 0) is 16.7 Å². The number of alkyl halides is 4. The molecule has 3 heterocycles. The van der Waals surface area contributed by atoms with Crippen LogP contribution in [0.4, 0.5) is 22.0 Å². The van der Waals surface area contributed by atoms with Crippen molar-refractivity contribution >= 4 is 11.8 Å². The molecule has 3 rings (SSSR count). The van der Waals surface area contributed by atoms with E-state index in [2.05, 4.69) is 19.7 Å². The number of nitriles is 1. The van der Waals surface area contributed by atoms with Gasteiger partial charge >= 0.3 is 6.18 Å².